The minimum atomic E-state index is -0.635. The summed E-state index contributed by atoms with van der Waals surface area (Å²) in [7, 11) is 0. The molecule has 0 aliphatic heterocycles. The number of aromatic nitrogens is 3. The maximum Gasteiger partial charge on any atom is 0.207 e. The molecule has 2 aliphatic carbocycles. The van der Waals surface area contributed by atoms with E-state index in [1.165, 1.54) is 18.2 Å². The van der Waals surface area contributed by atoms with Gasteiger partial charge in [0.1, 0.15) is 17.4 Å². The van der Waals surface area contributed by atoms with Gasteiger partial charge >= 0.3 is 0 Å². The molecule has 0 N–H and O–H groups in total. The fourth-order valence-corrected chi connectivity index (χ4v) is 5.21. The first-order valence-corrected chi connectivity index (χ1v) is 9.11. The van der Waals surface area contributed by atoms with Gasteiger partial charge in [-0.1, -0.05) is 19.9 Å². The van der Waals surface area contributed by atoms with E-state index in [4.69, 9.17) is 4.42 Å². The smallest absolute Gasteiger partial charge is 0.207 e. The van der Waals surface area contributed by atoms with E-state index >= 15 is 0 Å². The van der Waals surface area contributed by atoms with Crippen molar-refractivity contribution in [3.63, 3.8) is 0 Å². The zero-order chi connectivity index (χ0) is 19.0. The highest BCUT2D eigenvalue weighted by Gasteiger charge is 2.66. The van der Waals surface area contributed by atoms with E-state index in [2.05, 4.69) is 29.0 Å². The lowest BCUT2D eigenvalue weighted by atomic mass is 9.68. The molecule has 0 spiro atoms. The highest BCUT2D eigenvalue weighted by Crippen LogP contribution is 2.69. The Morgan fingerprint density at radius 3 is 2.56 bits per heavy atom. The summed E-state index contributed by atoms with van der Waals surface area (Å²) in [6.07, 6.45) is 3.55. The molecule has 27 heavy (non-hydrogen) atoms. The Morgan fingerprint density at radius 1 is 1.15 bits per heavy atom. The summed E-state index contributed by atoms with van der Waals surface area (Å²) in [5.74, 6) is 0.355. The molecule has 4 nitrogen and oxygen atoms in total. The Balaban J connectivity index is 1.73. The van der Waals surface area contributed by atoms with Crippen LogP contribution in [0.2, 0.25) is 0 Å². The van der Waals surface area contributed by atoms with Crippen molar-refractivity contribution >= 4 is 0 Å². The van der Waals surface area contributed by atoms with Gasteiger partial charge in [-0.2, -0.15) is 5.10 Å². The van der Waals surface area contributed by atoms with Gasteiger partial charge in [-0.3, -0.25) is 0 Å². The van der Waals surface area contributed by atoms with E-state index in [-0.39, 0.29) is 22.6 Å². The van der Waals surface area contributed by atoms with Crippen LogP contribution in [0.1, 0.15) is 55.5 Å². The summed E-state index contributed by atoms with van der Waals surface area (Å²) in [4.78, 5) is 4.52. The van der Waals surface area contributed by atoms with E-state index in [0.29, 0.717) is 5.89 Å². The minimum absolute atomic E-state index is 0.130. The molecule has 1 fully saturated rings. The Kier molecular flexibility index (Phi) is 3.19. The Morgan fingerprint density at radius 2 is 1.89 bits per heavy atom. The molecule has 1 aromatic carbocycles. The number of hydrogen-bond donors (Lipinski definition) is 0. The number of halogens is 2. The third kappa shape index (κ3) is 1.93. The molecule has 1 saturated carbocycles. The number of nitrogens with zero attached hydrogens (tertiary/aromatic N) is 3. The van der Waals surface area contributed by atoms with Gasteiger partial charge in [0, 0.05) is 0 Å². The third-order valence-electron chi connectivity index (χ3n) is 6.59. The van der Waals surface area contributed by atoms with E-state index in [1.807, 2.05) is 6.92 Å². The SMILES string of the molecule is Cc1cnc([C@@]23CC[C@@H](c4cc(-c5c(F)cccc5F)nnc42)C3(C)C)o1. The second-order valence-electron chi connectivity index (χ2n) is 8.12. The third-order valence-corrected chi connectivity index (χ3v) is 6.59. The zero-order valence-corrected chi connectivity index (χ0v) is 15.4. The fourth-order valence-electron chi connectivity index (χ4n) is 5.21. The molecule has 2 bridgehead atoms. The van der Waals surface area contributed by atoms with Crippen LogP contribution in [0.25, 0.3) is 11.3 Å². The van der Waals surface area contributed by atoms with Crippen LogP contribution in [0.5, 0.6) is 0 Å². The standard InChI is InChI=1S/C21H19F2N3O/c1-11-10-24-19(27-11)21-8-7-13(20(21,2)3)12-9-16(25-26-18(12)21)17-14(22)5-4-6-15(17)23/h4-6,9-10,13H,7-8H2,1-3H3/t13-,21+/m0/s1. The summed E-state index contributed by atoms with van der Waals surface area (Å²) < 4.78 is 34.4. The summed E-state index contributed by atoms with van der Waals surface area (Å²) in [5.41, 5.74) is 1.29. The summed E-state index contributed by atoms with van der Waals surface area (Å²) in [6, 6.07) is 5.62. The van der Waals surface area contributed by atoms with Crippen LogP contribution in [0.3, 0.4) is 0 Å². The Hall–Kier alpha value is -2.63. The van der Waals surface area contributed by atoms with Gasteiger partial charge < -0.3 is 4.42 Å². The lowest BCUT2D eigenvalue weighted by molar-refractivity contribution is 0.204. The van der Waals surface area contributed by atoms with E-state index < -0.39 is 17.0 Å². The number of benzene rings is 1. The van der Waals surface area contributed by atoms with Gasteiger partial charge in [0.25, 0.3) is 0 Å². The van der Waals surface area contributed by atoms with Crippen LogP contribution in [-0.2, 0) is 5.41 Å². The zero-order valence-electron chi connectivity index (χ0n) is 15.4. The van der Waals surface area contributed by atoms with Gasteiger partial charge in [0.2, 0.25) is 5.89 Å². The first-order chi connectivity index (χ1) is 12.9. The molecule has 2 aliphatic rings. The number of aryl methyl sites for hydroxylation is 1. The van der Waals surface area contributed by atoms with Gasteiger partial charge in [0.05, 0.1) is 28.6 Å². The van der Waals surface area contributed by atoms with Crippen molar-refractivity contribution < 1.29 is 13.2 Å². The monoisotopic (exact) mass is 367 g/mol. The van der Waals surface area contributed by atoms with Crippen LogP contribution in [-0.4, -0.2) is 15.2 Å². The molecule has 2 aromatic heterocycles. The first kappa shape index (κ1) is 16.5. The van der Waals surface area contributed by atoms with Crippen LogP contribution >= 0.6 is 0 Å². The molecule has 0 radical (unpaired) electrons. The molecule has 0 saturated heterocycles. The molecule has 0 unspecified atom stereocenters. The normalized spacial score (nSPS) is 25.0. The van der Waals surface area contributed by atoms with Crippen molar-refractivity contribution in [1.29, 1.82) is 0 Å². The topological polar surface area (TPSA) is 51.8 Å². The predicted octanol–water partition coefficient (Wildman–Crippen LogP) is 4.92. The van der Waals surface area contributed by atoms with Gasteiger partial charge in [-0.15, -0.1) is 5.10 Å². The first-order valence-electron chi connectivity index (χ1n) is 9.11. The highest BCUT2D eigenvalue weighted by molar-refractivity contribution is 5.63. The molecule has 3 aromatic rings. The Bertz CT molecular complexity index is 1050. The average Bonchev–Trinajstić information content (AvgIpc) is 3.22. The molecule has 6 heteroatoms. The van der Waals surface area contributed by atoms with Crippen molar-refractivity contribution in [3.05, 3.63) is 65.0 Å². The molecule has 2 heterocycles. The van der Waals surface area contributed by atoms with E-state index in [0.717, 1.165) is 29.9 Å². The maximum atomic E-state index is 14.2. The van der Waals surface area contributed by atoms with Crippen LogP contribution in [0, 0.1) is 24.0 Å². The predicted molar refractivity (Wildman–Crippen MR) is 95.2 cm³/mol. The molecular weight excluding hydrogens is 348 g/mol. The van der Waals surface area contributed by atoms with Gasteiger partial charge in [-0.05, 0) is 54.9 Å². The Labute approximate surface area is 155 Å². The van der Waals surface area contributed by atoms with Crippen LogP contribution in [0.15, 0.2) is 34.9 Å². The minimum Gasteiger partial charge on any atom is -0.445 e. The van der Waals surface area contributed by atoms with E-state index in [9.17, 15) is 8.78 Å². The fraction of sp³-hybridized carbons (Fsp3) is 0.381. The lowest BCUT2D eigenvalue weighted by Gasteiger charge is -2.34. The number of fused-ring (bicyclic) bond motifs is 5. The van der Waals surface area contributed by atoms with Crippen molar-refractivity contribution in [1.82, 2.24) is 15.2 Å². The van der Waals surface area contributed by atoms with Gasteiger partial charge in [0.15, 0.2) is 0 Å². The summed E-state index contributed by atoms with van der Waals surface area (Å²) in [6.45, 7) is 6.25. The van der Waals surface area contributed by atoms with Gasteiger partial charge in [-0.25, -0.2) is 13.8 Å². The second-order valence-corrected chi connectivity index (χ2v) is 8.12. The molecule has 5 rings (SSSR count). The molecule has 2 atom stereocenters. The average molecular weight is 367 g/mol. The van der Waals surface area contributed by atoms with Crippen LogP contribution in [0.4, 0.5) is 8.78 Å². The van der Waals surface area contributed by atoms with Crippen molar-refractivity contribution in [2.75, 3.05) is 0 Å². The maximum absolute atomic E-state index is 14.2. The largest absolute Gasteiger partial charge is 0.445 e. The quantitative estimate of drug-likeness (QED) is 0.645. The number of oxazole rings is 1. The summed E-state index contributed by atoms with van der Waals surface area (Å²) in [5, 5.41) is 8.68. The van der Waals surface area contributed by atoms with Crippen molar-refractivity contribution in [2.45, 2.75) is 44.9 Å². The molecular formula is C21H19F2N3O. The van der Waals surface area contributed by atoms with Crippen LogP contribution < -0.4 is 0 Å². The van der Waals surface area contributed by atoms with E-state index in [1.54, 1.807) is 12.3 Å². The molecule has 138 valence electrons. The number of hydrogen-bond acceptors (Lipinski definition) is 4. The summed E-state index contributed by atoms with van der Waals surface area (Å²) >= 11 is 0. The lowest BCUT2D eigenvalue weighted by Crippen LogP contribution is -2.37. The van der Waals surface area contributed by atoms with Crippen molar-refractivity contribution in [2.24, 2.45) is 5.41 Å². The second kappa shape index (κ2) is 5.21. The number of rotatable bonds is 2. The van der Waals surface area contributed by atoms with Crippen molar-refractivity contribution in [3.8, 4) is 11.3 Å². The molecule has 0 amide bonds. The highest BCUT2D eigenvalue weighted by atomic mass is 19.1.